The number of nitrogens with one attached hydrogen (secondary N) is 1. The predicted molar refractivity (Wildman–Crippen MR) is 109 cm³/mol. The molecule has 7 nitrogen and oxygen atoms in total. The van der Waals surface area contributed by atoms with E-state index in [0.29, 0.717) is 11.3 Å². The number of thiazole rings is 1. The van der Waals surface area contributed by atoms with Crippen LogP contribution in [0.15, 0.2) is 52.9 Å². The quantitative estimate of drug-likeness (QED) is 0.453. The van der Waals surface area contributed by atoms with E-state index >= 15 is 0 Å². The number of nitrogens with two attached hydrogens (primary N) is 1. The van der Waals surface area contributed by atoms with Gasteiger partial charge in [0.15, 0.2) is 10.4 Å². The molecule has 1 unspecified atom stereocenters. The Morgan fingerprint density at radius 3 is 2.57 bits per heavy atom. The summed E-state index contributed by atoms with van der Waals surface area (Å²) in [5.74, 6) is -1.46. The number of carbonyl (C=O) groups excluding carboxylic acids is 3. The van der Waals surface area contributed by atoms with Gasteiger partial charge in [0.25, 0.3) is 5.91 Å². The molecule has 2 aromatic carbocycles. The molecule has 0 saturated carbocycles. The fourth-order valence-electron chi connectivity index (χ4n) is 2.28. The van der Waals surface area contributed by atoms with Crippen LogP contribution in [0.5, 0.6) is 0 Å². The van der Waals surface area contributed by atoms with Crippen LogP contribution in [0.3, 0.4) is 0 Å². The summed E-state index contributed by atoms with van der Waals surface area (Å²) in [7, 11) is 0. The maximum absolute atomic E-state index is 12.2. The highest BCUT2D eigenvalue weighted by Crippen LogP contribution is 2.29. The minimum absolute atomic E-state index is 0.0603. The summed E-state index contributed by atoms with van der Waals surface area (Å²) >= 11 is 2.77. The molecule has 3 N–H and O–H groups in total. The summed E-state index contributed by atoms with van der Waals surface area (Å²) in [5, 5.41) is 2.62. The number of amides is 2. The monoisotopic (exact) mass is 415 g/mol. The SMILES string of the molecule is CC(OC(=O)CSc1nc2ccccc2s1)C(=O)Nc1ccc(C(N)=O)cc1. The second-order valence-corrected chi connectivity index (χ2v) is 8.05. The average molecular weight is 415 g/mol. The average Bonchev–Trinajstić information content (AvgIpc) is 3.09. The predicted octanol–water partition coefficient (Wildman–Crippen LogP) is 3.06. The molecule has 3 rings (SSSR count). The van der Waals surface area contributed by atoms with E-state index in [-0.39, 0.29) is 5.75 Å². The third-order valence-electron chi connectivity index (χ3n) is 3.70. The number of esters is 1. The van der Waals surface area contributed by atoms with E-state index in [2.05, 4.69) is 10.3 Å². The number of rotatable bonds is 7. The molecule has 28 heavy (non-hydrogen) atoms. The molecule has 1 aromatic heterocycles. The molecule has 0 fully saturated rings. The Balaban J connectivity index is 1.48. The molecule has 9 heteroatoms. The second kappa shape index (κ2) is 8.85. The van der Waals surface area contributed by atoms with Gasteiger partial charge in [-0.1, -0.05) is 23.9 Å². The lowest BCUT2D eigenvalue weighted by Crippen LogP contribution is -2.30. The number of aromatic nitrogens is 1. The van der Waals surface area contributed by atoms with Crippen LogP contribution in [0.4, 0.5) is 5.69 Å². The minimum Gasteiger partial charge on any atom is -0.452 e. The van der Waals surface area contributed by atoms with Gasteiger partial charge in [0, 0.05) is 11.3 Å². The molecule has 0 radical (unpaired) electrons. The third kappa shape index (κ3) is 5.08. The van der Waals surface area contributed by atoms with Gasteiger partial charge in [-0.2, -0.15) is 0 Å². The van der Waals surface area contributed by atoms with Gasteiger partial charge in [0.05, 0.1) is 16.0 Å². The van der Waals surface area contributed by atoms with E-state index in [1.807, 2.05) is 24.3 Å². The first-order valence-electron chi connectivity index (χ1n) is 8.31. The molecule has 0 spiro atoms. The van der Waals surface area contributed by atoms with Gasteiger partial charge < -0.3 is 15.8 Å². The van der Waals surface area contributed by atoms with Crippen molar-refractivity contribution in [2.24, 2.45) is 5.73 Å². The lowest BCUT2D eigenvalue weighted by Gasteiger charge is -2.13. The van der Waals surface area contributed by atoms with Crippen LogP contribution in [0.2, 0.25) is 0 Å². The Labute approximate surface area is 169 Å². The fraction of sp³-hybridized carbons (Fsp3) is 0.158. The van der Waals surface area contributed by atoms with E-state index in [1.165, 1.54) is 42.2 Å². The van der Waals surface area contributed by atoms with E-state index in [1.54, 1.807) is 12.1 Å². The van der Waals surface area contributed by atoms with Crippen molar-refractivity contribution in [3.05, 3.63) is 54.1 Å². The molecule has 144 valence electrons. The standard InChI is InChI=1S/C19H17N3O4S2/c1-11(18(25)21-13-8-6-12(7-9-13)17(20)24)26-16(23)10-27-19-22-14-4-2-3-5-15(14)28-19/h2-9,11H,10H2,1H3,(H2,20,24)(H,21,25). The maximum atomic E-state index is 12.2. The van der Waals surface area contributed by atoms with Gasteiger partial charge in [-0.05, 0) is 43.3 Å². The minimum atomic E-state index is -0.959. The Hall–Kier alpha value is -2.91. The number of hydrogen-bond acceptors (Lipinski definition) is 7. The lowest BCUT2D eigenvalue weighted by molar-refractivity contribution is -0.150. The van der Waals surface area contributed by atoms with Crippen molar-refractivity contribution in [3.63, 3.8) is 0 Å². The van der Waals surface area contributed by atoms with Gasteiger partial charge in [-0.3, -0.25) is 14.4 Å². The second-order valence-electron chi connectivity index (χ2n) is 5.80. The Bertz CT molecular complexity index is 984. The molecular formula is C19H17N3O4S2. The van der Waals surface area contributed by atoms with E-state index in [0.717, 1.165) is 14.6 Å². The molecule has 0 aliphatic carbocycles. The summed E-state index contributed by atoms with van der Waals surface area (Å²) in [6.45, 7) is 1.49. The topological polar surface area (TPSA) is 111 Å². The van der Waals surface area contributed by atoms with Crippen molar-refractivity contribution in [1.29, 1.82) is 0 Å². The van der Waals surface area contributed by atoms with Gasteiger partial charge in [0.2, 0.25) is 5.91 Å². The van der Waals surface area contributed by atoms with Crippen LogP contribution < -0.4 is 11.1 Å². The molecule has 1 heterocycles. The summed E-state index contributed by atoms with van der Waals surface area (Å²) in [6.07, 6.45) is -0.959. The number of ether oxygens (including phenoxy) is 1. The molecule has 3 aromatic rings. The largest absolute Gasteiger partial charge is 0.452 e. The number of hydrogen-bond donors (Lipinski definition) is 2. The molecule has 1 atom stereocenters. The van der Waals surface area contributed by atoms with Crippen molar-refractivity contribution >= 4 is 56.8 Å². The van der Waals surface area contributed by atoms with Crippen LogP contribution in [-0.2, 0) is 14.3 Å². The number of carbonyl (C=O) groups is 3. The first-order chi connectivity index (χ1) is 13.4. The Morgan fingerprint density at radius 2 is 1.89 bits per heavy atom. The Kier molecular flexibility index (Phi) is 6.27. The molecule has 0 aliphatic rings. The number of thioether (sulfide) groups is 1. The smallest absolute Gasteiger partial charge is 0.317 e. The molecular weight excluding hydrogens is 398 g/mol. The van der Waals surface area contributed by atoms with E-state index < -0.39 is 23.9 Å². The fourth-order valence-corrected chi connectivity index (χ4v) is 4.13. The third-order valence-corrected chi connectivity index (χ3v) is 5.86. The van der Waals surface area contributed by atoms with Crippen molar-refractivity contribution in [2.75, 3.05) is 11.1 Å². The number of nitrogens with zero attached hydrogens (tertiary/aromatic N) is 1. The number of fused-ring (bicyclic) bond motifs is 1. The van der Waals surface area contributed by atoms with Crippen LogP contribution >= 0.6 is 23.1 Å². The van der Waals surface area contributed by atoms with Gasteiger partial charge in [-0.15, -0.1) is 11.3 Å². The van der Waals surface area contributed by atoms with E-state index in [9.17, 15) is 14.4 Å². The summed E-state index contributed by atoms with van der Waals surface area (Å²) in [4.78, 5) is 39.7. The first kappa shape index (κ1) is 19.8. The maximum Gasteiger partial charge on any atom is 0.317 e. The molecule has 0 saturated heterocycles. The number of primary amides is 1. The zero-order valence-corrected chi connectivity index (χ0v) is 16.5. The number of benzene rings is 2. The van der Waals surface area contributed by atoms with Gasteiger partial charge in [0.1, 0.15) is 0 Å². The number of para-hydroxylation sites is 1. The van der Waals surface area contributed by atoms with Crippen molar-refractivity contribution in [3.8, 4) is 0 Å². The zero-order chi connectivity index (χ0) is 20.1. The van der Waals surface area contributed by atoms with Gasteiger partial charge in [-0.25, -0.2) is 4.98 Å². The zero-order valence-electron chi connectivity index (χ0n) is 14.9. The van der Waals surface area contributed by atoms with Crippen LogP contribution in [0.25, 0.3) is 10.2 Å². The number of anilines is 1. The summed E-state index contributed by atoms with van der Waals surface area (Å²) in [5.41, 5.74) is 6.87. The van der Waals surface area contributed by atoms with Crippen LogP contribution in [-0.4, -0.2) is 34.6 Å². The van der Waals surface area contributed by atoms with Crippen molar-refractivity contribution in [1.82, 2.24) is 4.98 Å². The van der Waals surface area contributed by atoms with Crippen molar-refractivity contribution in [2.45, 2.75) is 17.4 Å². The highest BCUT2D eigenvalue weighted by Gasteiger charge is 2.18. The lowest BCUT2D eigenvalue weighted by atomic mass is 10.2. The highest BCUT2D eigenvalue weighted by atomic mass is 32.2. The highest BCUT2D eigenvalue weighted by molar-refractivity contribution is 8.01. The first-order valence-corrected chi connectivity index (χ1v) is 10.1. The molecule has 0 bridgehead atoms. The normalized spacial score (nSPS) is 11.8. The van der Waals surface area contributed by atoms with Gasteiger partial charge >= 0.3 is 5.97 Å². The van der Waals surface area contributed by atoms with E-state index in [4.69, 9.17) is 10.5 Å². The summed E-state index contributed by atoms with van der Waals surface area (Å²) in [6, 6.07) is 13.8. The molecule has 2 amide bonds. The Morgan fingerprint density at radius 1 is 1.18 bits per heavy atom. The van der Waals surface area contributed by atoms with Crippen molar-refractivity contribution < 1.29 is 19.1 Å². The van der Waals surface area contributed by atoms with Crippen LogP contribution in [0.1, 0.15) is 17.3 Å². The summed E-state index contributed by atoms with van der Waals surface area (Å²) < 4.78 is 6.99. The molecule has 0 aliphatic heterocycles. The van der Waals surface area contributed by atoms with Crippen LogP contribution in [0, 0.1) is 0 Å².